The highest BCUT2D eigenvalue weighted by atomic mass is 16.5. The lowest BCUT2D eigenvalue weighted by Gasteiger charge is -2.18. The van der Waals surface area contributed by atoms with Gasteiger partial charge in [0, 0.05) is 11.8 Å². The normalized spacial score (nSPS) is 16.9. The molecule has 1 aromatic carbocycles. The van der Waals surface area contributed by atoms with Crippen molar-refractivity contribution >= 4 is 23.2 Å². The number of hydrogen-bond donors (Lipinski definition) is 3. The summed E-state index contributed by atoms with van der Waals surface area (Å²) in [6, 6.07) is 5.18. The van der Waals surface area contributed by atoms with E-state index in [1.165, 1.54) is 12.8 Å². The predicted molar refractivity (Wildman–Crippen MR) is 74.8 cm³/mol. The van der Waals surface area contributed by atoms with Gasteiger partial charge < -0.3 is 20.7 Å². The van der Waals surface area contributed by atoms with E-state index < -0.39 is 0 Å². The summed E-state index contributed by atoms with van der Waals surface area (Å²) >= 11 is 0. The zero-order chi connectivity index (χ0) is 13.9. The number of rotatable bonds is 5. The number of anilines is 2. The molecule has 1 saturated carbocycles. The minimum absolute atomic E-state index is 0.00729. The maximum Gasteiger partial charge on any atom is 0.262 e. The third kappa shape index (κ3) is 3.27. The molecule has 0 atom stereocenters. The number of carbonyl (C=O) groups is 2. The minimum Gasteiger partial charge on any atom is -0.482 e. The van der Waals surface area contributed by atoms with Crippen LogP contribution < -0.4 is 20.7 Å². The first-order valence-corrected chi connectivity index (χ1v) is 6.78. The van der Waals surface area contributed by atoms with E-state index in [1.807, 2.05) is 0 Å². The summed E-state index contributed by atoms with van der Waals surface area (Å²) in [4.78, 5) is 22.9. The molecule has 1 aliphatic carbocycles. The van der Waals surface area contributed by atoms with Crippen LogP contribution >= 0.6 is 0 Å². The molecule has 1 fully saturated rings. The Morgan fingerprint density at radius 2 is 2.25 bits per heavy atom. The van der Waals surface area contributed by atoms with Crippen molar-refractivity contribution < 1.29 is 14.3 Å². The zero-order valence-corrected chi connectivity index (χ0v) is 11.1. The summed E-state index contributed by atoms with van der Waals surface area (Å²) in [7, 11) is 0. The van der Waals surface area contributed by atoms with Gasteiger partial charge in [-0.05, 0) is 37.4 Å². The average molecular weight is 275 g/mol. The first kappa shape index (κ1) is 12.9. The molecule has 0 saturated heterocycles. The fourth-order valence-electron chi connectivity index (χ4n) is 2.07. The molecule has 6 nitrogen and oxygen atoms in total. The van der Waals surface area contributed by atoms with Crippen molar-refractivity contribution in [1.29, 1.82) is 0 Å². The third-order valence-electron chi connectivity index (χ3n) is 3.31. The van der Waals surface area contributed by atoms with E-state index in [0.717, 1.165) is 12.5 Å². The first-order valence-electron chi connectivity index (χ1n) is 6.78. The van der Waals surface area contributed by atoms with Gasteiger partial charge >= 0.3 is 0 Å². The fraction of sp³-hybridized carbons (Fsp3) is 0.429. The summed E-state index contributed by atoms with van der Waals surface area (Å²) in [5.74, 6) is 1.08. The maximum atomic E-state index is 11.8. The lowest BCUT2D eigenvalue weighted by Crippen LogP contribution is -2.29. The van der Waals surface area contributed by atoms with E-state index in [0.29, 0.717) is 23.7 Å². The van der Waals surface area contributed by atoms with Crippen molar-refractivity contribution in [1.82, 2.24) is 5.32 Å². The Morgan fingerprint density at radius 1 is 1.40 bits per heavy atom. The molecule has 0 aromatic heterocycles. The van der Waals surface area contributed by atoms with E-state index >= 15 is 0 Å². The zero-order valence-electron chi connectivity index (χ0n) is 11.1. The first-order chi connectivity index (χ1) is 9.70. The van der Waals surface area contributed by atoms with E-state index in [2.05, 4.69) is 16.0 Å². The van der Waals surface area contributed by atoms with Gasteiger partial charge in [-0.2, -0.15) is 0 Å². The molecular weight excluding hydrogens is 258 g/mol. The average Bonchev–Trinajstić information content (AvgIpc) is 3.23. The molecule has 1 aliphatic heterocycles. The summed E-state index contributed by atoms with van der Waals surface area (Å²) in [6.45, 7) is 1.23. The van der Waals surface area contributed by atoms with Gasteiger partial charge in [0.25, 0.3) is 5.91 Å². The lowest BCUT2D eigenvalue weighted by atomic mass is 10.2. The number of hydrogen-bond acceptors (Lipinski definition) is 4. The molecule has 1 aromatic rings. The van der Waals surface area contributed by atoms with Crippen molar-refractivity contribution in [3.8, 4) is 5.75 Å². The van der Waals surface area contributed by atoms with Crippen LogP contribution in [-0.4, -0.2) is 31.5 Å². The van der Waals surface area contributed by atoms with E-state index in [-0.39, 0.29) is 18.4 Å². The maximum absolute atomic E-state index is 11.8. The number of ether oxygens (including phenoxy) is 1. The van der Waals surface area contributed by atoms with Crippen molar-refractivity contribution in [3.05, 3.63) is 18.2 Å². The number of carbonyl (C=O) groups excluding carboxylic acids is 2. The third-order valence-corrected chi connectivity index (χ3v) is 3.31. The monoisotopic (exact) mass is 275 g/mol. The molecule has 106 valence electrons. The second kappa shape index (κ2) is 5.50. The van der Waals surface area contributed by atoms with Crippen LogP contribution in [0.25, 0.3) is 0 Å². The SMILES string of the molecule is O=C(CNCC1CC1)Nc1ccc2c(c1)OCC(=O)N2. The van der Waals surface area contributed by atoms with E-state index in [9.17, 15) is 9.59 Å². The van der Waals surface area contributed by atoms with Gasteiger partial charge in [0.05, 0.1) is 12.2 Å². The Morgan fingerprint density at radius 3 is 3.05 bits per heavy atom. The van der Waals surface area contributed by atoms with Crippen molar-refractivity contribution in [2.24, 2.45) is 5.92 Å². The van der Waals surface area contributed by atoms with Gasteiger partial charge in [-0.25, -0.2) is 0 Å². The Balaban J connectivity index is 1.54. The van der Waals surface area contributed by atoms with Crippen LogP contribution in [-0.2, 0) is 9.59 Å². The molecule has 0 unspecified atom stereocenters. The van der Waals surface area contributed by atoms with Crippen molar-refractivity contribution in [2.45, 2.75) is 12.8 Å². The van der Waals surface area contributed by atoms with Gasteiger partial charge in [0.15, 0.2) is 6.61 Å². The quantitative estimate of drug-likeness (QED) is 0.747. The van der Waals surface area contributed by atoms with Gasteiger partial charge in [0.1, 0.15) is 5.75 Å². The highest BCUT2D eigenvalue weighted by Crippen LogP contribution is 2.30. The minimum atomic E-state index is -0.168. The standard InChI is InChI=1S/C14H17N3O3/c18-13(7-15-6-9-1-2-9)16-10-3-4-11-12(5-10)20-8-14(19)17-11/h3-5,9,15H,1-2,6-8H2,(H,16,18)(H,17,19). The van der Waals surface area contributed by atoms with Crippen LogP contribution in [0, 0.1) is 5.92 Å². The molecule has 0 radical (unpaired) electrons. The predicted octanol–water partition coefficient (Wildman–Crippen LogP) is 0.956. The molecule has 6 heteroatoms. The number of nitrogens with one attached hydrogen (secondary N) is 3. The highest BCUT2D eigenvalue weighted by molar-refractivity contribution is 5.97. The summed E-state index contributed by atoms with van der Waals surface area (Å²) < 4.78 is 5.30. The van der Waals surface area contributed by atoms with Crippen LogP contribution in [0.5, 0.6) is 5.75 Å². The Hall–Kier alpha value is -2.08. The smallest absolute Gasteiger partial charge is 0.262 e. The molecule has 3 rings (SSSR count). The van der Waals surface area contributed by atoms with Gasteiger partial charge in [0.2, 0.25) is 5.91 Å². The van der Waals surface area contributed by atoms with Crippen LogP contribution in [0.3, 0.4) is 0 Å². The second-order valence-electron chi connectivity index (χ2n) is 5.17. The number of amides is 2. The summed E-state index contributed by atoms with van der Waals surface area (Å²) in [6.07, 6.45) is 2.53. The van der Waals surface area contributed by atoms with Gasteiger partial charge in [-0.15, -0.1) is 0 Å². The molecule has 20 heavy (non-hydrogen) atoms. The Labute approximate surface area is 116 Å². The largest absolute Gasteiger partial charge is 0.482 e. The molecule has 0 bridgehead atoms. The van der Waals surface area contributed by atoms with E-state index in [4.69, 9.17) is 4.74 Å². The van der Waals surface area contributed by atoms with Crippen LogP contribution in [0.4, 0.5) is 11.4 Å². The molecule has 1 heterocycles. The molecule has 2 amide bonds. The number of benzene rings is 1. The molecule has 2 aliphatic rings. The van der Waals surface area contributed by atoms with Crippen LogP contribution in [0.15, 0.2) is 18.2 Å². The topological polar surface area (TPSA) is 79.5 Å². The molecule has 3 N–H and O–H groups in total. The van der Waals surface area contributed by atoms with Crippen molar-refractivity contribution in [3.63, 3.8) is 0 Å². The van der Waals surface area contributed by atoms with Crippen molar-refractivity contribution in [2.75, 3.05) is 30.3 Å². The Kier molecular flexibility index (Phi) is 3.56. The molecular formula is C14H17N3O3. The summed E-state index contributed by atoms with van der Waals surface area (Å²) in [5.41, 5.74) is 1.30. The van der Waals surface area contributed by atoms with Crippen LogP contribution in [0.1, 0.15) is 12.8 Å². The van der Waals surface area contributed by atoms with Crippen LogP contribution in [0.2, 0.25) is 0 Å². The lowest BCUT2D eigenvalue weighted by molar-refractivity contribution is -0.118. The second-order valence-corrected chi connectivity index (χ2v) is 5.17. The van der Waals surface area contributed by atoms with Gasteiger partial charge in [-0.1, -0.05) is 0 Å². The fourth-order valence-corrected chi connectivity index (χ4v) is 2.07. The highest BCUT2D eigenvalue weighted by Gasteiger charge is 2.20. The Bertz CT molecular complexity index is 540. The number of fused-ring (bicyclic) bond motifs is 1. The van der Waals surface area contributed by atoms with Gasteiger partial charge in [-0.3, -0.25) is 9.59 Å². The van der Waals surface area contributed by atoms with E-state index in [1.54, 1.807) is 18.2 Å². The summed E-state index contributed by atoms with van der Waals surface area (Å²) in [5, 5.41) is 8.64. The molecule has 0 spiro atoms.